The third-order valence-electron chi connectivity index (χ3n) is 2.50. The molecule has 1 nitrogen and oxygen atoms in total. The largest absolute Gasteiger partial charge is 0.391 e. The summed E-state index contributed by atoms with van der Waals surface area (Å²) in [6.07, 6.45) is -0.589. The third-order valence-corrected chi connectivity index (χ3v) is 2.50. The minimum atomic E-state index is -4.01. The summed E-state index contributed by atoms with van der Waals surface area (Å²) in [5, 5.41) is 0. The van der Waals surface area contributed by atoms with Gasteiger partial charge < -0.3 is 5.73 Å². The van der Waals surface area contributed by atoms with Gasteiger partial charge in [-0.25, -0.2) is 0 Å². The van der Waals surface area contributed by atoms with Gasteiger partial charge in [-0.3, -0.25) is 0 Å². The van der Waals surface area contributed by atoms with Crippen molar-refractivity contribution in [3.05, 3.63) is 11.6 Å². The Morgan fingerprint density at radius 2 is 1.85 bits per heavy atom. The lowest BCUT2D eigenvalue weighted by Gasteiger charge is -2.25. The summed E-state index contributed by atoms with van der Waals surface area (Å²) in [6.45, 7) is 0.437. The quantitative estimate of drug-likeness (QED) is 0.636. The molecule has 76 valence electrons. The summed E-state index contributed by atoms with van der Waals surface area (Å²) in [6, 6.07) is 0. The molecule has 13 heavy (non-hydrogen) atoms. The first-order valence-corrected chi connectivity index (χ1v) is 4.48. The van der Waals surface area contributed by atoms with E-state index in [9.17, 15) is 13.2 Å². The van der Waals surface area contributed by atoms with E-state index in [-0.39, 0.29) is 12.8 Å². The Hall–Kier alpha value is -0.510. The highest BCUT2D eigenvalue weighted by Crippen LogP contribution is 2.38. The van der Waals surface area contributed by atoms with Crippen molar-refractivity contribution < 1.29 is 13.2 Å². The first-order valence-electron chi connectivity index (χ1n) is 4.48. The number of hydrogen-bond donors (Lipinski definition) is 1. The zero-order chi connectivity index (χ0) is 9.90. The molecular weight excluding hydrogens is 179 g/mol. The SMILES string of the molecule is NCC=C1CCC(C(F)(F)F)CC1. The number of halogens is 3. The van der Waals surface area contributed by atoms with Gasteiger partial charge in [0.2, 0.25) is 0 Å². The van der Waals surface area contributed by atoms with Crippen molar-refractivity contribution in [2.24, 2.45) is 11.7 Å². The highest BCUT2D eigenvalue weighted by Gasteiger charge is 2.40. The van der Waals surface area contributed by atoms with E-state index >= 15 is 0 Å². The van der Waals surface area contributed by atoms with Crippen LogP contribution in [0, 0.1) is 5.92 Å². The van der Waals surface area contributed by atoms with Gasteiger partial charge >= 0.3 is 6.18 Å². The molecule has 2 N–H and O–H groups in total. The Morgan fingerprint density at radius 3 is 2.23 bits per heavy atom. The van der Waals surface area contributed by atoms with Crippen molar-refractivity contribution in [2.45, 2.75) is 31.9 Å². The summed E-state index contributed by atoms with van der Waals surface area (Å²) in [5.74, 6) is -1.09. The molecule has 0 bridgehead atoms. The number of hydrogen-bond acceptors (Lipinski definition) is 1. The number of allylic oxidation sites excluding steroid dienone is 1. The van der Waals surface area contributed by atoms with Crippen LogP contribution in [0.3, 0.4) is 0 Å². The first kappa shape index (κ1) is 10.6. The number of alkyl halides is 3. The molecule has 0 saturated heterocycles. The summed E-state index contributed by atoms with van der Waals surface area (Å²) in [7, 11) is 0. The van der Waals surface area contributed by atoms with Gasteiger partial charge in [-0.2, -0.15) is 13.2 Å². The Balaban J connectivity index is 2.44. The Labute approximate surface area is 75.8 Å². The fourth-order valence-corrected chi connectivity index (χ4v) is 1.69. The molecule has 0 atom stereocenters. The van der Waals surface area contributed by atoms with Crippen molar-refractivity contribution in [3.63, 3.8) is 0 Å². The van der Waals surface area contributed by atoms with E-state index in [1.165, 1.54) is 0 Å². The smallest absolute Gasteiger partial charge is 0.327 e. The molecule has 0 heterocycles. The molecule has 0 aromatic carbocycles. The Morgan fingerprint density at radius 1 is 1.31 bits per heavy atom. The van der Waals surface area contributed by atoms with Gasteiger partial charge in [0.1, 0.15) is 0 Å². The van der Waals surface area contributed by atoms with Crippen LogP contribution in [0.1, 0.15) is 25.7 Å². The van der Waals surface area contributed by atoms with Gasteiger partial charge in [-0.15, -0.1) is 0 Å². The van der Waals surface area contributed by atoms with Crippen LogP contribution in [0.2, 0.25) is 0 Å². The minimum absolute atomic E-state index is 0.231. The second kappa shape index (κ2) is 4.13. The maximum Gasteiger partial charge on any atom is 0.391 e. The molecule has 0 amide bonds. The summed E-state index contributed by atoms with van der Waals surface area (Å²) < 4.78 is 36.6. The zero-order valence-electron chi connectivity index (χ0n) is 7.40. The lowest BCUT2D eigenvalue weighted by atomic mass is 9.85. The van der Waals surface area contributed by atoms with Crippen molar-refractivity contribution in [1.29, 1.82) is 0 Å². The van der Waals surface area contributed by atoms with Crippen LogP contribution in [0.5, 0.6) is 0 Å². The molecule has 0 spiro atoms. The molecule has 0 unspecified atom stereocenters. The highest BCUT2D eigenvalue weighted by molar-refractivity contribution is 5.06. The second-order valence-corrected chi connectivity index (χ2v) is 3.41. The van der Waals surface area contributed by atoms with E-state index in [1.54, 1.807) is 0 Å². The monoisotopic (exact) mass is 193 g/mol. The standard InChI is InChI=1S/C9H14F3N/c10-9(11,12)8-3-1-7(2-4-8)5-6-13/h5,8H,1-4,6,13H2. The highest BCUT2D eigenvalue weighted by atomic mass is 19.4. The normalized spacial score (nSPS) is 24.6. The summed E-state index contributed by atoms with van der Waals surface area (Å²) in [5.41, 5.74) is 6.37. The van der Waals surface area contributed by atoms with Crippen molar-refractivity contribution >= 4 is 0 Å². The molecule has 1 aliphatic carbocycles. The van der Waals surface area contributed by atoms with Crippen LogP contribution in [-0.4, -0.2) is 12.7 Å². The molecule has 1 saturated carbocycles. The van der Waals surface area contributed by atoms with Gasteiger partial charge in [0.25, 0.3) is 0 Å². The molecule has 4 heteroatoms. The van der Waals surface area contributed by atoms with Gasteiger partial charge in [-0.05, 0) is 25.7 Å². The van der Waals surface area contributed by atoms with E-state index < -0.39 is 12.1 Å². The van der Waals surface area contributed by atoms with Crippen molar-refractivity contribution in [2.75, 3.05) is 6.54 Å². The van der Waals surface area contributed by atoms with E-state index in [0.717, 1.165) is 5.57 Å². The minimum Gasteiger partial charge on any atom is -0.327 e. The van der Waals surface area contributed by atoms with Crippen LogP contribution in [0.15, 0.2) is 11.6 Å². The van der Waals surface area contributed by atoms with E-state index in [0.29, 0.717) is 19.4 Å². The van der Waals surface area contributed by atoms with Crippen molar-refractivity contribution in [1.82, 2.24) is 0 Å². The first-order chi connectivity index (χ1) is 6.04. The predicted octanol–water partition coefficient (Wildman–Crippen LogP) is 2.62. The van der Waals surface area contributed by atoms with Crippen molar-refractivity contribution in [3.8, 4) is 0 Å². The Kier molecular flexibility index (Phi) is 3.36. The van der Waals surface area contributed by atoms with Crippen LogP contribution in [0.4, 0.5) is 13.2 Å². The average Bonchev–Trinajstić information content (AvgIpc) is 2.04. The number of nitrogens with two attached hydrogens (primary N) is 1. The van der Waals surface area contributed by atoms with E-state index in [1.807, 2.05) is 6.08 Å². The summed E-state index contributed by atoms with van der Waals surface area (Å²) >= 11 is 0. The van der Waals surface area contributed by atoms with Gasteiger partial charge in [-0.1, -0.05) is 11.6 Å². The van der Waals surface area contributed by atoms with Crippen LogP contribution in [-0.2, 0) is 0 Å². The maximum atomic E-state index is 12.2. The molecule has 1 aliphatic rings. The molecule has 0 aliphatic heterocycles. The maximum absolute atomic E-state index is 12.2. The van der Waals surface area contributed by atoms with Crippen LogP contribution in [0.25, 0.3) is 0 Å². The van der Waals surface area contributed by atoms with Gasteiger partial charge in [0, 0.05) is 6.54 Å². The lowest BCUT2D eigenvalue weighted by Crippen LogP contribution is -2.25. The zero-order valence-corrected chi connectivity index (χ0v) is 7.40. The fourth-order valence-electron chi connectivity index (χ4n) is 1.69. The molecule has 1 rings (SSSR count). The molecule has 0 aromatic heterocycles. The van der Waals surface area contributed by atoms with E-state index in [4.69, 9.17) is 5.73 Å². The average molecular weight is 193 g/mol. The summed E-state index contributed by atoms with van der Waals surface area (Å²) in [4.78, 5) is 0. The van der Waals surface area contributed by atoms with Crippen LogP contribution >= 0.6 is 0 Å². The second-order valence-electron chi connectivity index (χ2n) is 3.41. The molecular formula is C9H14F3N. The van der Waals surface area contributed by atoms with Gasteiger partial charge in [0.15, 0.2) is 0 Å². The molecule has 0 aromatic rings. The van der Waals surface area contributed by atoms with E-state index in [2.05, 4.69) is 0 Å². The predicted molar refractivity (Wildman–Crippen MR) is 45.2 cm³/mol. The molecule has 0 radical (unpaired) electrons. The topological polar surface area (TPSA) is 26.0 Å². The van der Waals surface area contributed by atoms with Crippen LogP contribution < -0.4 is 5.73 Å². The van der Waals surface area contributed by atoms with Gasteiger partial charge in [0.05, 0.1) is 5.92 Å². The lowest BCUT2D eigenvalue weighted by molar-refractivity contribution is -0.179. The third kappa shape index (κ3) is 3.03. The fraction of sp³-hybridized carbons (Fsp3) is 0.778. The number of rotatable bonds is 1. The molecule has 1 fully saturated rings. The Bertz CT molecular complexity index is 186.